The first-order valence-corrected chi connectivity index (χ1v) is 7.83. The summed E-state index contributed by atoms with van der Waals surface area (Å²) in [5.41, 5.74) is 0.922. The van der Waals surface area contributed by atoms with Crippen molar-refractivity contribution in [2.75, 3.05) is 19.8 Å². The molecule has 0 aromatic carbocycles. The molecule has 1 N–H and O–H groups in total. The van der Waals surface area contributed by atoms with Gasteiger partial charge in [-0.25, -0.2) is 4.98 Å². The van der Waals surface area contributed by atoms with Crippen molar-refractivity contribution in [1.82, 2.24) is 10.3 Å². The summed E-state index contributed by atoms with van der Waals surface area (Å²) in [5.74, 6) is 0.675. The van der Waals surface area contributed by atoms with E-state index in [1.165, 1.54) is 0 Å². The highest BCUT2D eigenvalue weighted by molar-refractivity contribution is 9.10. The van der Waals surface area contributed by atoms with E-state index in [1.807, 2.05) is 26.8 Å². The second kappa shape index (κ2) is 8.60. The van der Waals surface area contributed by atoms with Crippen LogP contribution in [0.15, 0.2) is 16.7 Å². The summed E-state index contributed by atoms with van der Waals surface area (Å²) < 4.78 is 12.3. The third kappa shape index (κ3) is 7.22. The van der Waals surface area contributed by atoms with E-state index in [0.29, 0.717) is 19.1 Å². The zero-order valence-corrected chi connectivity index (χ0v) is 14.4. The molecule has 1 heterocycles. The van der Waals surface area contributed by atoms with E-state index in [2.05, 4.69) is 33.2 Å². The average Bonchev–Trinajstić information content (AvgIpc) is 2.36. The molecule has 0 aliphatic heterocycles. The number of ether oxygens (including phenoxy) is 2. The molecule has 0 aliphatic rings. The van der Waals surface area contributed by atoms with Gasteiger partial charge in [0.05, 0.1) is 12.2 Å². The van der Waals surface area contributed by atoms with Crippen molar-refractivity contribution < 1.29 is 9.47 Å². The van der Waals surface area contributed by atoms with Gasteiger partial charge in [-0.1, -0.05) is 6.92 Å². The summed E-state index contributed by atoms with van der Waals surface area (Å²) in [5, 5.41) is 3.36. The number of aromatic nitrogens is 1. The van der Waals surface area contributed by atoms with Crippen LogP contribution in [0.2, 0.25) is 0 Å². The molecule has 20 heavy (non-hydrogen) atoms. The highest BCUT2D eigenvalue weighted by Crippen LogP contribution is 2.20. The minimum Gasteiger partial charge on any atom is -0.475 e. The first-order valence-electron chi connectivity index (χ1n) is 7.04. The van der Waals surface area contributed by atoms with Gasteiger partial charge in [0.1, 0.15) is 6.61 Å². The third-order valence-corrected chi connectivity index (χ3v) is 2.93. The van der Waals surface area contributed by atoms with Gasteiger partial charge >= 0.3 is 0 Å². The number of nitrogens with zero attached hydrogens (tertiary/aromatic N) is 1. The highest BCUT2D eigenvalue weighted by Gasteiger charge is 2.10. The van der Waals surface area contributed by atoms with Gasteiger partial charge in [0, 0.05) is 22.8 Å². The van der Waals surface area contributed by atoms with Gasteiger partial charge in [-0.3, -0.25) is 0 Å². The Labute approximate surface area is 130 Å². The van der Waals surface area contributed by atoms with Crippen LogP contribution in [0.1, 0.15) is 39.7 Å². The fourth-order valence-corrected chi connectivity index (χ4v) is 1.99. The highest BCUT2D eigenvalue weighted by atomic mass is 79.9. The lowest BCUT2D eigenvalue weighted by Gasteiger charge is -2.19. The van der Waals surface area contributed by atoms with Crippen LogP contribution < -0.4 is 10.1 Å². The molecule has 0 saturated heterocycles. The molecule has 0 aliphatic carbocycles. The largest absolute Gasteiger partial charge is 0.475 e. The Morgan fingerprint density at radius 1 is 1.30 bits per heavy atom. The van der Waals surface area contributed by atoms with Gasteiger partial charge in [0.2, 0.25) is 5.88 Å². The molecule has 114 valence electrons. The predicted octanol–water partition coefficient (Wildman–Crippen LogP) is 3.54. The third-order valence-electron chi connectivity index (χ3n) is 2.49. The lowest BCUT2D eigenvalue weighted by Crippen LogP contribution is -2.23. The first-order chi connectivity index (χ1) is 9.42. The Hall–Kier alpha value is -0.650. The van der Waals surface area contributed by atoms with Gasteiger partial charge < -0.3 is 14.8 Å². The van der Waals surface area contributed by atoms with E-state index in [-0.39, 0.29) is 5.60 Å². The Balaban J connectivity index is 2.51. The molecule has 0 amide bonds. The quantitative estimate of drug-likeness (QED) is 0.732. The van der Waals surface area contributed by atoms with Crippen molar-refractivity contribution in [1.29, 1.82) is 0 Å². The fraction of sp³-hybridized carbons (Fsp3) is 0.667. The molecule has 1 aromatic rings. The maximum atomic E-state index is 5.72. The first kappa shape index (κ1) is 17.4. The maximum Gasteiger partial charge on any atom is 0.217 e. The minimum atomic E-state index is -0.137. The molecule has 0 fully saturated rings. The summed E-state index contributed by atoms with van der Waals surface area (Å²) in [6.45, 7) is 11.1. The summed E-state index contributed by atoms with van der Waals surface area (Å²) in [6.07, 6.45) is 2.86. The predicted molar refractivity (Wildman–Crippen MR) is 85.1 cm³/mol. The molecule has 4 nitrogen and oxygen atoms in total. The molecule has 0 spiro atoms. The number of rotatable bonds is 8. The second-order valence-electron chi connectivity index (χ2n) is 5.60. The van der Waals surface area contributed by atoms with Crippen LogP contribution in [0.3, 0.4) is 0 Å². The number of hydrogen-bond acceptors (Lipinski definition) is 4. The van der Waals surface area contributed by atoms with Crippen molar-refractivity contribution in [2.24, 2.45) is 0 Å². The van der Waals surface area contributed by atoms with Crippen LogP contribution in [0.4, 0.5) is 0 Å². The van der Waals surface area contributed by atoms with Crippen LogP contribution in [0.5, 0.6) is 5.88 Å². The van der Waals surface area contributed by atoms with E-state index < -0.39 is 0 Å². The van der Waals surface area contributed by atoms with Crippen LogP contribution >= 0.6 is 15.9 Å². The molecule has 1 aromatic heterocycles. The summed E-state index contributed by atoms with van der Waals surface area (Å²) in [7, 11) is 0. The lowest BCUT2D eigenvalue weighted by molar-refractivity contribution is -0.0169. The lowest BCUT2D eigenvalue weighted by atomic mass is 10.2. The van der Waals surface area contributed by atoms with E-state index in [1.54, 1.807) is 6.20 Å². The van der Waals surface area contributed by atoms with Crippen molar-refractivity contribution >= 4 is 15.9 Å². The molecule has 0 atom stereocenters. The van der Waals surface area contributed by atoms with E-state index in [4.69, 9.17) is 9.47 Å². The molecular weight excluding hydrogens is 320 g/mol. The topological polar surface area (TPSA) is 43.4 Å². The minimum absolute atomic E-state index is 0.137. The van der Waals surface area contributed by atoms with Crippen molar-refractivity contribution in [3.8, 4) is 5.88 Å². The van der Waals surface area contributed by atoms with E-state index in [0.717, 1.165) is 29.5 Å². The number of pyridine rings is 1. The number of hydrogen-bond donors (Lipinski definition) is 1. The Bertz CT molecular complexity index is 405. The Kier molecular flexibility index (Phi) is 7.48. The fourth-order valence-electron chi connectivity index (χ4n) is 1.61. The van der Waals surface area contributed by atoms with E-state index >= 15 is 0 Å². The molecule has 1 rings (SSSR count). The molecule has 0 unspecified atom stereocenters. The van der Waals surface area contributed by atoms with Crippen LogP contribution in [0.25, 0.3) is 0 Å². The molecule has 0 saturated carbocycles. The summed E-state index contributed by atoms with van der Waals surface area (Å²) in [4.78, 5) is 4.33. The number of halogens is 1. The number of nitrogens with one attached hydrogen (secondary N) is 1. The molecular formula is C15H25BrN2O2. The standard InChI is InChI=1S/C15H25BrN2O2/c1-5-6-17-10-12-9-13(16)11-18-14(12)19-7-8-20-15(2,3)4/h9,11,17H,5-8,10H2,1-4H3. The molecule has 0 radical (unpaired) electrons. The van der Waals surface area contributed by atoms with Crippen molar-refractivity contribution in [3.05, 3.63) is 22.3 Å². The van der Waals surface area contributed by atoms with Gasteiger partial charge in [-0.05, 0) is 55.7 Å². The second-order valence-corrected chi connectivity index (χ2v) is 6.52. The van der Waals surface area contributed by atoms with Crippen LogP contribution in [-0.2, 0) is 11.3 Å². The Morgan fingerprint density at radius 3 is 2.70 bits per heavy atom. The van der Waals surface area contributed by atoms with Crippen molar-refractivity contribution in [3.63, 3.8) is 0 Å². The smallest absolute Gasteiger partial charge is 0.217 e. The normalized spacial score (nSPS) is 11.7. The summed E-state index contributed by atoms with van der Waals surface area (Å²) in [6, 6.07) is 2.04. The zero-order valence-electron chi connectivity index (χ0n) is 12.8. The Morgan fingerprint density at radius 2 is 2.05 bits per heavy atom. The van der Waals surface area contributed by atoms with E-state index in [9.17, 15) is 0 Å². The van der Waals surface area contributed by atoms with Crippen LogP contribution in [0, 0.1) is 0 Å². The maximum absolute atomic E-state index is 5.72. The average molecular weight is 345 g/mol. The van der Waals surface area contributed by atoms with Crippen LogP contribution in [-0.4, -0.2) is 30.3 Å². The monoisotopic (exact) mass is 344 g/mol. The van der Waals surface area contributed by atoms with Gasteiger partial charge in [0.15, 0.2) is 0 Å². The van der Waals surface area contributed by atoms with Gasteiger partial charge in [-0.15, -0.1) is 0 Å². The summed E-state index contributed by atoms with van der Waals surface area (Å²) >= 11 is 3.44. The van der Waals surface area contributed by atoms with Crippen molar-refractivity contribution in [2.45, 2.75) is 46.3 Å². The SMILES string of the molecule is CCCNCc1cc(Br)cnc1OCCOC(C)(C)C. The molecule has 5 heteroatoms. The molecule has 0 bridgehead atoms. The zero-order chi connectivity index (χ0) is 15.0. The van der Waals surface area contributed by atoms with Gasteiger partial charge in [-0.2, -0.15) is 0 Å². The van der Waals surface area contributed by atoms with Gasteiger partial charge in [0.25, 0.3) is 0 Å².